The first-order chi connectivity index (χ1) is 12.7. The molecule has 3 rings (SSSR count). The number of ether oxygens (including phenoxy) is 2. The van der Waals surface area contributed by atoms with E-state index in [4.69, 9.17) is 9.47 Å². The molecule has 26 heavy (non-hydrogen) atoms. The summed E-state index contributed by atoms with van der Waals surface area (Å²) in [6, 6.07) is 7.92. The molecule has 5 heteroatoms. The zero-order chi connectivity index (χ0) is 18.2. The molecule has 1 N–H and O–H groups in total. The maximum absolute atomic E-state index is 12.4. The number of nitrogens with zero attached hydrogens (tertiary/aromatic N) is 1. The fourth-order valence-electron chi connectivity index (χ4n) is 4.25. The van der Waals surface area contributed by atoms with Crippen molar-refractivity contribution in [1.29, 1.82) is 0 Å². The molecular formula is C21H32N2O3. The first-order valence-corrected chi connectivity index (χ1v) is 10.0. The number of rotatable bonds is 7. The summed E-state index contributed by atoms with van der Waals surface area (Å²) in [5.41, 5.74) is 1.23. The van der Waals surface area contributed by atoms with Gasteiger partial charge in [0.15, 0.2) is 6.61 Å². The van der Waals surface area contributed by atoms with Crippen molar-refractivity contribution in [1.82, 2.24) is 10.2 Å². The van der Waals surface area contributed by atoms with Crippen LogP contribution in [0.2, 0.25) is 0 Å². The Balaban J connectivity index is 1.54. The lowest BCUT2D eigenvalue weighted by Crippen LogP contribution is -2.60. The van der Waals surface area contributed by atoms with E-state index in [1.807, 2.05) is 24.3 Å². The van der Waals surface area contributed by atoms with Crippen molar-refractivity contribution in [3.63, 3.8) is 0 Å². The van der Waals surface area contributed by atoms with E-state index in [9.17, 15) is 4.79 Å². The molecule has 0 aromatic heterocycles. The van der Waals surface area contributed by atoms with Crippen molar-refractivity contribution in [2.24, 2.45) is 0 Å². The van der Waals surface area contributed by atoms with Crippen LogP contribution >= 0.6 is 0 Å². The van der Waals surface area contributed by atoms with Gasteiger partial charge in [-0.15, -0.1) is 0 Å². The topological polar surface area (TPSA) is 50.8 Å². The smallest absolute Gasteiger partial charge is 0.258 e. The van der Waals surface area contributed by atoms with Crippen LogP contribution in [0.15, 0.2) is 24.3 Å². The maximum atomic E-state index is 12.4. The maximum Gasteiger partial charge on any atom is 0.258 e. The van der Waals surface area contributed by atoms with Gasteiger partial charge in [-0.25, -0.2) is 0 Å². The summed E-state index contributed by atoms with van der Waals surface area (Å²) >= 11 is 0. The SMILES string of the molecule is CCc1ccccc1OCC(=O)NCC1(N2CCOCC2)CCCCC1. The third-order valence-electron chi connectivity index (χ3n) is 5.79. The lowest BCUT2D eigenvalue weighted by molar-refractivity contribution is -0.124. The standard InChI is InChI=1S/C21H32N2O3/c1-2-18-8-4-5-9-19(18)26-16-20(24)22-17-21(10-6-3-7-11-21)23-12-14-25-15-13-23/h4-5,8-9H,2-3,6-7,10-17H2,1H3,(H,22,24). The molecule has 5 nitrogen and oxygen atoms in total. The summed E-state index contributed by atoms with van der Waals surface area (Å²) in [7, 11) is 0. The molecule has 1 amide bonds. The molecule has 0 radical (unpaired) electrons. The van der Waals surface area contributed by atoms with Crippen LogP contribution in [0.25, 0.3) is 0 Å². The molecular weight excluding hydrogens is 328 g/mol. The molecule has 2 fully saturated rings. The third kappa shape index (κ3) is 4.77. The summed E-state index contributed by atoms with van der Waals surface area (Å²) in [6.45, 7) is 6.42. The molecule has 0 bridgehead atoms. The van der Waals surface area contributed by atoms with Crippen LogP contribution in [-0.4, -0.2) is 55.8 Å². The number of aryl methyl sites for hydroxylation is 1. The van der Waals surface area contributed by atoms with Gasteiger partial charge in [0.2, 0.25) is 0 Å². The molecule has 0 unspecified atom stereocenters. The van der Waals surface area contributed by atoms with Crippen LogP contribution in [0.1, 0.15) is 44.6 Å². The second kappa shape index (κ2) is 9.38. The molecule has 0 atom stereocenters. The van der Waals surface area contributed by atoms with Gasteiger partial charge >= 0.3 is 0 Å². The van der Waals surface area contributed by atoms with Crippen molar-refractivity contribution >= 4 is 5.91 Å². The highest BCUT2D eigenvalue weighted by Gasteiger charge is 2.38. The van der Waals surface area contributed by atoms with Gasteiger partial charge in [-0.05, 0) is 30.9 Å². The summed E-state index contributed by atoms with van der Waals surface area (Å²) in [5.74, 6) is 0.778. The predicted molar refractivity (Wildman–Crippen MR) is 103 cm³/mol. The Bertz CT molecular complexity index is 578. The normalized spacial score (nSPS) is 20.5. The van der Waals surface area contributed by atoms with E-state index in [-0.39, 0.29) is 18.1 Å². The van der Waals surface area contributed by atoms with E-state index >= 15 is 0 Å². The van der Waals surface area contributed by atoms with Gasteiger partial charge in [0.25, 0.3) is 5.91 Å². The number of benzene rings is 1. The van der Waals surface area contributed by atoms with Crippen LogP contribution in [-0.2, 0) is 16.0 Å². The number of hydrogen-bond donors (Lipinski definition) is 1. The van der Waals surface area contributed by atoms with Gasteiger partial charge < -0.3 is 14.8 Å². The fraction of sp³-hybridized carbons (Fsp3) is 0.667. The Morgan fingerprint density at radius 1 is 1.19 bits per heavy atom. The zero-order valence-electron chi connectivity index (χ0n) is 16.0. The van der Waals surface area contributed by atoms with Crippen molar-refractivity contribution in [2.45, 2.75) is 51.0 Å². The van der Waals surface area contributed by atoms with Crippen LogP contribution in [0.4, 0.5) is 0 Å². The number of morpholine rings is 1. The number of hydrogen-bond acceptors (Lipinski definition) is 4. The summed E-state index contributed by atoms with van der Waals surface area (Å²) in [6.07, 6.45) is 7.01. The molecule has 1 aromatic rings. The number of amides is 1. The molecule has 1 aliphatic carbocycles. The fourth-order valence-corrected chi connectivity index (χ4v) is 4.25. The molecule has 1 aliphatic heterocycles. The van der Waals surface area contributed by atoms with Crippen molar-refractivity contribution in [3.8, 4) is 5.75 Å². The molecule has 0 spiro atoms. The summed E-state index contributed by atoms with van der Waals surface area (Å²) in [4.78, 5) is 14.9. The zero-order valence-corrected chi connectivity index (χ0v) is 16.0. The van der Waals surface area contributed by atoms with E-state index < -0.39 is 0 Å². The van der Waals surface area contributed by atoms with E-state index in [0.29, 0.717) is 6.54 Å². The van der Waals surface area contributed by atoms with Crippen molar-refractivity contribution in [3.05, 3.63) is 29.8 Å². The van der Waals surface area contributed by atoms with Gasteiger partial charge in [-0.3, -0.25) is 9.69 Å². The average Bonchev–Trinajstić information content (AvgIpc) is 2.72. The second-order valence-corrected chi connectivity index (χ2v) is 7.41. The van der Waals surface area contributed by atoms with Crippen LogP contribution in [0.3, 0.4) is 0 Å². The Morgan fingerprint density at radius 2 is 1.92 bits per heavy atom. The van der Waals surface area contributed by atoms with E-state index in [1.165, 1.54) is 19.3 Å². The summed E-state index contributed by atoms with van der Waals surface area (Å²) < 4.78 is 11.3. The van der Waals surface area contributed by atoms with Gasteiger partial charge in [0.1, 0.15) is 5.75 Å². The molecule has 2 aliphatic rings. The molecule has 1 heterocycles. The molecule has 1 saturated heterocycles. The third-order valence-corrected chi connectivity index (χ3v) is 5.79. The van der Waals surface area contributed by atoms with Gasteiger partial charge in [0.05, 0.1) is 13.2 Å². The van der Waals surface area contributed by atoms with Crippen LogP contribution < -0.4 is 10.1 Å². The molecule has 1 saturated carbocycles. The van der Waals surface area contributed by atoms with Crippen LogP contribution in [0.5, 0.6) is 5.75 Å². The number of carbonyl (C=O) groups excluding carboxylic acids is 1. The lowest BCUT2D eigenvalue weighted by atomic mass is 9.79. The summed E-state index contributed by atoms with van der Waals surface area (Å²) in [5, 5.41) is 3.15. The molecule has 144 valence electrons. The minimum atomic E-state index is -0.0332. The highest BCUT2D eigenvalue weighted by Crippen LogP contribution is 2.33. The predicted octanol–water partition coefficient (Wildman–Crippen LogP) is 2.78. The largest absolute Gasteiger partial charge is 0.483 e. The monoisotopic (exact) mass is 360 g/mol. The lowest BCUT2D eigenvalue weighted by Gasteiger charge is -2.48. The Kier molecular flexibility index (Phi) is 6.92. The van der Waals surface area contributed by atoms with Gasteiger partial charge in [-0.2, -0.15) is 0 Å². The first-order valence-electron chi connectivity index (χ1n) is 10.0. The van der Waals surface area contributed by atoms with E-state index in [2.05, 4.69) is 17.1 Å². The van der Waals surface area contributed by atoms with Crippen molar-refractivity contribution in [2.75, 3.05) is 39.5 Å². The number of para-hydroxylation sites is 1. The number of carbonyl (C=O) groups is 1. The highest BCUT2D eigenvalue weighted by molar-refractivity contribution is 5.77. The average molecular weight is 360 g/mol. The first kappa shape index (κ1) is 19.2. The quantitative estimate of drug-likeness (QED) is 0.812. The minimum Gasteiger partial charge on any atom is -0.483 e. The Morgan fingerprint density at radius 3 is 2.65 bits per heavy atom. The highest BCUT2D eigenvalue weighted by atomic mass is 16.5. The van der Waals surface area contributed by atoms with Crippen LogP contribution in [0, 0.1) is 0 Å². The number of nitrogens with one attached hydrogen (secondary N) is 1. The van der Waals surface area contributed by atoms with E-state index in [1.54, 1.807) is 0 Å². The Hall–Kier alpha value is -1.59. The van der Waals surface area contributed by atoms with Gasteiger partial charge in [-0.1, -0.05) is 44.4 Å². The van der Waals surface area contributed by atoms with Crippen molar-refractivity contribution < 1.29 is 14.3 Å². The Labute approximate surface area is 157 Å². The van der Waals surface area contributed by atoms with E-state index in [0.717, 1.165) is 56.9 Å². The van der Waals surface area contributed by atoms with Gasteiger partial charge in [0, 0.05) is 25.2 Å². The molecule has 1 aromatic carbocycles. The minimum absolute atomic E-state index is 0.0332. The second-order valence-electron chi connectivity index (χ2n) is 7.41.